The number of allylic oxidation sites excluding steroid dienone is 1. The molecule has 1 aromatic heterocycles. The summed E-state index contributed by atoms with van der Waals surface area (Å²) in [4.78, 5) is 19.6. The molecule has 188 valence electrons. The number of halogens is 1. The minimum Gasteiger partial charge on any atom is -0.494 e. The van der Waals surface area contributed by atoms with Crippen LogP contribution in [0, 0.1) is 12.7 Å². The van der Waals surface area contributed by atoms with E-state index in [4.69, 9.17) is 9.26 Å². The maximum Gasteiger partial charge on any atom is 0.322 e. The average molecular weight is 499 g/mol. The number of rotatable bonds is 7. The Balaban J connectivity index is 1.55. The smallest absolute Gasteiger partial charge is 0.322 e. The van der Waals surface area contributed by atoms with Crippen molar-refractivity contribution in [1.82, 2.24) is 20.4 Å². The molecule has 0 aliphatic carbocycles. The van der Waals surface area contributed by atoms with Crippen LogP contribution < -0.4 is 10.1 Å². The highest BCUT2D eigenvalue weighted by Gasteiger charge is 2.35. The Hall–Kier alpha value is -4.46. The number of urea groups is 1. The Labute approximate surface area is 214 Å². The van der Waals surface area contributed by atoms with Gasteiger partial charge >= 0.3 is 6.03 Å². The zero-order valence-electron chi connectivity index (χ0n) is 20.9. The number of aryl methyl sites for hydroxylation is 1. The quantitative estimate of drug-likeness (QED) is 0.324. The van der Waals surface area contributed by atoms with Crippen LogP contribution in [-0.2, 0) is 6.54 Å². The number of nitrogens with zero attached hydrogens (tertiary/aromatic N) is 3. The van der Waals surface area contributed by atoms with Crippen LogP contribution in [0.25, 0.3) is 17.0 Å². The molecule has 1 aliphatic heterocycles. The highest BCUT2D eigenvalue weighted by atomic mass is 19.1. The SMILES string of the molecule is CCOc1ccc(-c2noc(C3=C(C)N(Cc4cccc(C)c4)C(=O)NC3c3ccc(F)cc3)n2)cc1. The van der Waals surface area contributed by atoms with Crippen molar-refractivity contribution in [3.8, 4) is 17.1 Å². The lowest BCUT2D eigenvalue weighted by atomic mass is 9.94. The highest BCUT2D eigenvalue weighted by Crippen LogP contribution is 2.38. The molecule has 1 aliphatic rings. The fraction of sp³-hybridized carbons (Fsp3) is 0.207. The molecule has 3 aromatic carbocycles. The molecule has 5 rings (SSSR count). The fourth-order valence-electron chi connectivity index (χ4n) is 4.46. The molecule has 0 radical (unpaired) electrons. The van der Waals surface area contributed by atoms with Crippen LogP contribution in [0.15, 0.2) is 83.0 Å². The van der Waals surface area contributed by atoms with Crippen LogP contribution in [0.5, 0.6) is 5.75 Å². The first-order chi connectivity index (χ1) is 17.9. The van der Waals surface area contributed by atoms with E-state index in [2.05, 4.69) is 15.5 Å². The molecule has 2 heterocycles. The van der Waals surface area contributed by atoms with E-state index >= 15 is 0 Å². The Morgan fingerprint density at radius 1 is 1.05 bits per heavy atom. The monoisotopic (exact) mass is 498 g/mol. The van der Waals surface area contributed by atoms with Gasteiger partial charge in [-0.15, -0.1) is 0 Å². The highest BCUT2D eigenvalue weighted by molar-refractivity contribution is 5.86. The first-order valence-corrected chi connectivity index (χ1v) is 12.1. The van der Waals surface area contributed by atoms with E-state index in [0.717, 1.165) is 22.4 Å². The van der Waals surface area contributed by atoms with E-state index in [0.29, 0.717) is 35.8 Å². The standard InChI is InChI=1S/C29H27FN4O3/c1-4-36-24-14-10-22(11-15-24)27-32-28(37-33-27)25-19(3)34(17-20-7-5-6-18(2)16-20)29(35)31-26(25)21-8-12-23(30)13-9-21/h5-16,26H,4,17H2,1-3H3,(H,31,35). The summed E-state index contributed by atoms with van der Waals surface area (Å²) in [6.45, 7) is 6.76. The second kappa shape index (κ2) is 10.3. The number of hydrogen-bond acceptors (Lipinski definition) is 5. The van der Waals surface area contributed by atoms with Crippen LogP contribution in [0.4, 0.5) is 9.18 Å². The number of nitrogens with one attached hydrogen (secondary N) is 1. The third-order valence-corrected chi connectivity index (χ3v) is 6.30. The maximum atomic E-state index is 13.7. The molecule has 1 atom stereocenters. The zero-order chi connectivity index (χ0) is 25.9. The molecule has 0 spiro atoms. The second-order valence-electron chi connectivity index (χ2n) is 8.89. The molecule has 0 saturated heterocycles. The second-order valence-corrected chi connectivity index (χ2v) is 8.89. The molecule has 0 fully saturated rings. The lowest BCUT2D eigenvalue weighted by molar-refractivity contribution is 0.203. The Kier molecular flexibility index (Phi) is 6.72. The van der Waals surface area contributed by atoms with Gasteiger partial charge < -0.3 is 14.6 Å². The first-order valence-electron chi connectivity index (χ1n) is 12.1. The van der Waals surface area contributed by atoms with Gasteiger partial charge in [-0.1, -0.05) is 47.1 Å². The number of aromatic nitrogens is 2. The number of carbonyl (C=O) groups is 1. The third kappa shape index (κ3) is 5.09. The van der Waals surface area contributed by atoms with Gasteiger partial charge in [0.1, 0.15) is 11.6 Å². The molecule has 0 bridgehead atoms. The molecule has 4 aromatic rings. The molecule has 2 amide bonds. The predicted molar refractivity (Wildman–Crippen MR) is 138 cm³/mol. The summed E-state index contributed by atoms with van der Waals surface area (Å²) < 4.78 is 24.9. The summed E-state index contributed by atoms with van der Waals surface area (Å²) >= 11 is 0. The number of ether oxygens (including phenoxy) is 1. The molecule has 1 N–H and O–H groups in total. The van der Waals surface area contributed by atoms with Gasteiger partial charge in [0.25, 0.3) is 5.89 Å². The van der Waals surface area contributed by atoms with Gasteiger partial charge in [0.15, 0.2) is 0 Å². The summed E-state index contributed by atoms with van der Waals surface area (Å²) in [5.41, 5.74) is 4.92. The van der Waals surface area contributed by atoms with Crippen LogP contribution in [0.1, 0.15) is 42.5 Å². The predicted octanol–water partition coefficient (Wildman–Crippen LogP) is 6.28. The lowest BCUT2D eigenvalue weighted by Crippen LogP contribution is -2.45. The molecular weight excluding hydrogens is 471 g/mol. The van der Waals surface area contributed by atoms with Crippen LogP contribution in [-0.4, -0.2) is 27.7 Å². The van der Waals surface area contributed by atoms with Gasteiger partial charge in [-0.3, -0.25) is 4.90 Å². The average Bonchev–Trinajstić information content (AvgIpc) is 3.37. The summed E-state index contributed by atoms with van der Waals surface area (Å²) in [7, 11) is 0. The number of carbonyl (C=O) groups excluding carboxylic acids is 1. The van der Waals surface area contributed by atoms with Crippen molar-refractivity contribution in [1.29, 1.82) is 0 Å². The lowest BCUT2D eigenvalue weighted by Gasteiger charge is -2.35. The van der Waals surface area contributed by atoms with E-state index in [9.17, 15) is 9.18 Å². The van der Waals surface area contributed by atoms with Crippen molar-refractivity contribution in [2.24, 2.45) is 0 Å². The molecule has 8 heteroatoms. The minimum atomic E-state index is -0.588. The summed E-state index contributed by atoms with van der Waals surface area (Å²) in [6, 6.07) is 20.6. The van der Waals surface area contributed by atoms with E-state index in [1.807, 2.05) is 69.3 Å². The van der Waals surface area contributed by atoms with Crippen LogP contribution >= 0.6 is 0 Å². The zero-order valence-corrected chi connectivity index (χ0v) is 20.9. The van der Waals surface area contributed by atoms with Crippen molar-refractivity contribution in [3.63, 3.8) is 0 Å². The maximum absolute atomic E-state index is 13.7. The molecular formula is C29H27FN4O3. The normalized spacial score (nSPS) is 15.6. The first kappa shape index (κ1) is 24.2. The van der Waals surface area contributed by atoms with E-state index in [1.165, 1.54) is 12.1 Å². The van der Waals surface area contributed by atoms with Gasteiger partial charge in [0.05, 0.1) is 24.8 Å². The third-order valence-electron chi connectivity index (χ3n) is 6.30. The Bertz CT molecular complexity index is 1440. The fourth-order valence-corrected chi connectivity index (χ4v) is 4.46. The van der Waals surface area contributed by atoms with Crippen molar-refractivity contribution >= 4 is 11.6 Å². The van der Waals surface area contributed by atoms with E-state index in [1.54, 1.807) is 17.0 Å². The van der Waals surface area contributed by atoms with Crippen molar-refractivity contribution in [2.75, 3.05) is 6.61 Å². The van der Waals surface area contributed by atoms with E-state index in [-0.39, 0.29) is 17.7 Å². The summed E-state index contributed by atoms with van der Waals surface area (Å²) in [6.07, 6.45) is 0. The van der Waals surface area contributed by atoms with Crippen molar-refractivity contribution in [3.05, 3.63) is 107 Å². The largest absolute Gasteiger partial charge is 0.494 e. The van der Waals surface area contributed by atoms with Gasteiger partial charge in [-0.05, 0) is 68.3 Å². The molecule has 7 nitrogen and oxygen atoms in total. The van der Waals surface area contributed by atoms with Crippen LogP contribution in [0.3, 0.4) is 0 Å². The molecule has 0 saturated carbocycles. The number of hydrogen-bond donors (Lipinski definition) is 1. The van der Waals surface area contributed by atoms with Crippen molar-refractivity contribution in [2.45, 2.75) is 33.4 Å². The van der Waals surface area contributed by atoms with Gasteiger partial charge in [-0.25, -0.2) is 9.18 Å². The molecule has 1 unspecified atom stereocenters. The van der Waals surface area contributed by atoms with Gasteiger partial charge in [0, 0.05) is 11.3 Å². The summed E-state index contributed by atoms with van der Waals surface area (Å²) in [5.74, 6) is 1.10. The van der Waals surface area contributed by atoms with Gasteiger partial charge in [-0.2, -0.15) is 4.98 Å². The van der Waals surface area contributed by atoms with Gasteiger partial charge in [0.2, 0.25) is 5.82 Å². The van der Waals surface area contributed by atoms with Crippen molar-refractivity contribution < 1.29 is 18.4 Å². The number of benzene rings is 3. The van der Waals surface area contributed by atoms with E-state index < -0.39 is 6.04 Å². The molecule has 37 heavy (non-hydrogen) atoms. The summed E-state index contributed by atoms with van der Waals surface area (Å²) in [5, 5.41) is 7.25. The Morgan fingerprint density at radius 3 is 2.51 bits per heavy atom. The minimum absolute atomic E-state index is 0.261. The number of amides is 2. The van der Waals surface area contributed by atoms with Crippen LogP contribution in [0.2, 0.25) is 0 Å². The topological polar surface area (TPSA) is 80.5 Å². The Morgan fingerprint density at radius 2 is 1.81 bits per heavy atom.